The van der Waals surface area contributed by atoms with Gasteiger partial charge in [-0.05, 0) is 0 Å². The molecule has 0 aliphatic heterocycles. The summed E-state index contributed by atoms with van der Waals surface area (Å²) in [5.41, 5.74) is -32.6. The molecule has 4 nitrogen and oxygen atoms in total. The molecule has 2 aliphatic carbocycles. The summed E-state index contributed by atoms with van der Waals surface area (Å²) in [5.74, 6) is -50.7. The van der Waals surface area contributed by atoms with Gasteiger partial charge in [-0.15, -0.1) is 0 Å². The van der Waals surface area contributed by atoms with Gasteiger partial charge in [0.2, 0.25) is 0 Å². The summed E-state index contributed by atoms with van der Waals surface area (Å²) in [5, 5.41) is 17.1. The van der Waals surface area contributed by atoms with Crippen molar-refractivity contribution in [1.29, 1.82) is 0 Å². The average molecular weight is 584 g/mol. The molecule has 4 unspecified atom stereocenters. The van der Waals surface area contributed by atoms with Gasteiger partial charge in [0, 0.05) is 5.41 Å². The lowest BCUT2D eigenvalue weighted by atomic mass is 9.50. The van der Waals surface area contributed by atoms with Gasteiger partial charge in [-0.3, -0.25) is 0 Å². The minimum absolute atomic E-state index is 0.877. The number of rotatable bonds is 4. The van der Waals surface area contributed by atoms with E-state index in [0.717, 1.165) is 0 Å². The zero-order chi connectivity index (χ0) is 30.1. The Hall–Kier alpha value is -2.18. The van der Waals surface area contributed by atoms with Crippen LogP contribution in [0.3, 0.4) is 0 Å². The first-order valence-corrected chi connectivity index (χ1v) is 9.29. The van der Waals surface area contributed by atoms with Crippen LogP contribution in [0.2, 0.25) is 0 Å². The molecule has 0 heterocycles. The molecule has 0 saturated heterocycles. The molecule has 2 rings (SSSR count). The smallest absolute Gasteiger partial charge is 0.360 e. The summed E-state index contributed by atoms with van der Waals surface area (Å²) >= 11 is 0. The van der Waals surface area contributed by atoms with Crippen molar-refractivity contribution in [2.24, 2.45) is 5.41 Å². The summed E-state index contributed by atoms with van der Waals surface area (Å²) in [6.07, 6.45) is -8.02. The monoisotopic (exact) mass is 584 g/mol. The highest BCUT2D eigenvalue weighted by Crippen LogP contribution is 2.74. The van der Waals surface area contributed by atoms with Gasteiger partial charge >= 0.3 is 58.8 Å². The summed E-state index contributed by atoms with van der Waals surface area (Å²) in [6.45, 7) is -1.75. The highest BCUT2D eigenvalue weighted by molar-refractivity contribution is 5.83. The second-order valence-corrected chi connectivity index (χ2v) is 9.21. The molecular formula is C17H12F16O4. The highest BCUT2D eigenvalue weighted by Gasteiger charge is 3.00. The van der Waals surface area contributed by atoms with Crippen LogP contribution in [0.1, 0.15) is 26.7 Å². The Balaban J connectivity index is 3.06. The zero-order valence-electron chi connectivity index (χ0n) is 17.7. The third-order valence-corrected chi connectivity index (χ3v) is 7.15. The van der Waals surface area contributed by atoms with Crippen molar-refractivity contribution in [2.75, 3.05) is 0 Å². The fraction of sp³-hybridized carbons (Fsp3) is 0.882. The predicted octanol–water partition coefficient (Wildman–Crippen LogP) is 5.63. The lowest BCUT2D eigenvalue weighted by molar-refractivity contribution is -0.430. The van der Waals surface area contributed by atoms with Crippen LogP contribution in [0.15, 0.2) is 0 Å². The molecule has 0 spiro atoms. The van der Waals surface area contributed by atoms with Gasteiger partial charge < -0.3 is 10.2 Å². The predicted molar refractivity (Wildman–Crippen MR) is 83.3 cm³/mol. The van der Waals surface area contributed by atoms with Crippen LogP contribution in [0.4, 0.5) is 70.2 Å². The molecule has 0 aromatic carbocycles. The van der Waals surface area contributed by atoms with Crippen LogP contribution in [-0.4, -0.2) is 80.4 Å². The van der Waals surface area contributed by atoms with Crippen LogP contribution >= 0.6 is 0 Å². The van der Waals surface area contributed by atoms with Gasteiger partial charge in [0.05, 0.1) is 12.8 Å². The standard InChI is InChI=1S/C17H12F16O4/c1-7(2,8(18)3-10(20,21)16(30,31)12(24,5(34)35)14(8,26)27)9(19)4-11(22,23)17(32,33)13(25,6(36)37)15(9,28)29/h3-4H2,1-2H3,(H,34,35)(H,36,37). The molecule has 0 aromatic rings. The SMILES string of the molecule is CC(C)(C1(F)CC(F)(F)C(F)(F)C(F)(C(=O)O)C1(F)F)C1(F)CC(F)(F)C(F)(F)C(F)(C(=O)O)C1(F)F. The quantitative estimate of drug-likeness (QED) is 0.420. The molecule has 0 bridgehead atoms. The molecule has 216 valence electrons. The van der Waals surface area contributed by atoms with Crippen LogP contribution < -0.4 is 0 Å². The Morgan fingerprint density at radius 2 is 0.730 bits per heavy atom. The Kier molecular flexibility index (Phi) is 5.92. The number of alkyl halides is 16. The van der Waals surface area contributed by atoms with Gasteiger partial charge in [-0.1, -0.05) is 13.8 Å². The molecule has 0 amide bonds. The minimum atomic E-state index is -7.28. The van der Waals surface area contributed by atoms with E-state index in [4.69, 9.17) is 10.2 Å². The molecular weight excluding hydrogens is 572 g/mol. The Morgan fingerprint density at radius 1 is 0.514 bits per heavy atom. The first-order chi connectivity index (χ1) is 15.8. The van der Waals surface area contributed by atoms with Crippen molar-refractivity contribution in [3.05, 3.63) is 0 Å². The van der Waals surface area contributed by atoms with Crippen molar-refractivity contribution >= 4 is 11.9 Å². The highest BCUT2D eigenvalue weighted by atomic mass is 19.3. The Bertz CT molecular complexity index is 949. The van der Waals surface area contributed by atoms with Crippen LogP contribution in [0.25, 0.3) is 0 Å². The molecule has 2 N–H and O–H groups in total. The van der Waals surface area contributed by atoms with Gasteiger partial charge in [0.15, 0.2) is 11.3 Å². The van der Waals surface area contributed by atoms with E-state index >= 15 is 8.78 Å². The van der Waals surface area contributed by atoms with Crippen molar-refractivity contribution in [2.45, 2.75) is 84.9 Å². The first-order valence-electron chi connectivity index (χ1n) is 9.29. The van der Waals surface area contributed by atoms with Gasteiger partial charge in [0.25, 0.3) is 0 Å². The molecule has 2 saturated carbocycles. The number of aliphatic carboxylic acids is 2. The normalized spacial score (nSPS) is 41.6. The first kappa shape index (κ1) is 31.0. The minimum Gasteiger partial charge on any atom is -0.479 e. The van der Waals surface area contributed by atoms with E-state index in [0.29, 0.717) is 0 Å². The second-order valence-electron chi connectivity index (χ2n) is 9.21. The number of hydrogen-bond donors (Lipinski definition) is 2. The maximum Gasteiger partial charge on any atom is 0.360 e. The van der Waals surface area contributed by atoms with E-state index in [-0.39, 0.29) is 0 Å². The molecule has 20 heteroatoms. The van der Waals surface area contributed by atoms with E-state index in [1.807, 2.05) is 0 Å². The molecule has 2 fully saturated rings. The zero-order valence-corrected chi connectivity index (χ0v) is 17.7. The fourth-order valence-corrected chi connectivity index (χ4v) is 4.58. The van der Waals surface area contributed by atoms with E-state index in [9.17, 15) is 71.1 Å². The second kappa shape index (κ2) is 7.06. The lowest BCUT2D eigenvalue weighted by Gasteiger charge is -2.61. The van der Waals surface area contributed by atoms with Crippen LogP contribution in [0, 0.1) is 5.41 Å². The van der Waals surface area contributed by atoms with Crippen molar-refractivity contribution in [3.8, 4) is 0 Å². The van der Waals surface area contributed by atoms with Gasteiger partial charge in [0.1, 0.15) is 0 Å². The van der Waals surface area contributed by atoms with Gasteiger partial charge in [-0.25, -0.2) is 27.2 Å². The molecule has 37 heavy (non-hydrogen) atoms. The van der Waals surface area contributed by atoms with Gasteiger partial charge in [-0.2, -0.15) is 52.7 Å². The largest absolute Gasteiger partial charge is 0.479 e. The number of halogens is 16. The lowest BCUT2D eigenvalue weighted by Crippen LogP contribution is -2.87. The van der Waals surface area contributed by atoms with Crippen LogP contribution in [-0.2, 0) is 9.59 Å². The summed E-state index contributed by atoms with van der Waals surface area (Å²) in [7, 11) is 0. The third kappa shape index (κ3) is 2.74. The Morgan fingerprint density at radius 3 is 0.919 bits per heavy atom. The van der Waals surface area contributed by atoms with Crippen molar-refractivity contribution in [3.63, 3.8) is 0 Å². The summed E-state index contributed by atoms with van der Waals surface area (Å²) < 4.78 is 232. The summed E-state index contributed by atoms with van der Waals surface area (Å²) in [4.78, 5) is 21.9. The van der Waals surface area contributed by atoms with E-state index in [1.54, 1.807) is 0 Å². The summed E-state index contributed by atoms with van der Waals surface area (Å²) in [6, 6.07) is 0. The van der Waals surface area contributed by atoms with E-state index < -0.39 is 102 Å². The average Bonchev–Trinajstić information content (AvgIpc) is 2.68. The molecule has 0 aromatic heterocycles. The van der Waals surface area contributed by atoms with E-state index in [2.05, 4.69) is 0 Å². The van der Waals surface area contributed by atoms with Crippen LogP contribution in [0.5, 0.6) is 0 Å². The molecule has 2 aliphatic rings. The molecule has 4 atom stereocenters. The number of hydrogen-bond acceptors (Lipinski definition) is 2. The fourth-order valence-electron chi connectivity index (χ4n) is 4.58. The number of carboxylic acid groups (broad SMARTS) is 2. The maximum atomic E-state index is 15.8. The van der Waals surface area contributed by atoms with Crippen molar-refractivity contribution in [1.82, 2.24) is 0 Å². The third-order valence-electron chi connectivity index (χ3n) is 7.15. The topological polar surface area (TPSA) is 74.6 Å². The Labute approximate surface area is 193 Å². The maximum absolute atomic E-state index is 15.8. The molecule has 0 radical (unpaired) electrons. The number of carboxylic acids is 2. The number of carbonyl (C=O) groups is 2. The van der Waals surface area contributed by atoms with Crippen molar-refractivity contribution < 1.29 is 90.0 Å². The van der Waals surface area contributed by atoms with E-state index in [1.165, 1.54) is 0 Å².